The zero-order valence-electron chi connectivity index (χ0n) is 21.5. The van der Waals surface area contributed by atoms with Gasteiger partial charge in [-0.05, 0) is 5.56 Å². The molecule has 0 radical (unpaired) electrons. The molecule has 1 aromatic carbocycles. The fourth-order valence-electron chi connectivity index (χ4n) is 4.43. The maximum absolute atomic E-state index is 13.4. The third-order valence-electron chi connectivity index (χ3n) is 6.40. The highest BCUT2D eigenvalue weighted by atomic mass is 32.2. The lowest BCUT2D eigenvalue weighted by molar-refractivity contribution is -0.181. The van der Waals surface area contributed by atoms with Crippen LogP contribution in [0.15, 0.2) is 41.6 Å². The Morgan fingerprint density at radius 3 is 2.33 bits per heavy atom. The van der Waals surface area contributed by atoms with Gasteiger partial charge in [-0.1, -0.05) is 30.3 Å². The lowest BCUT2D eigenvalue weighted by atomic mass is 10.0. The maximum Gasteiger partial charge on any atom is 0.471 e. The highest BCUT2D eigenvalue weighted by molar-refractivity contribution is 8.00. The van der Waals surface area contributed by atoms with Gasteiger partial charge in [0.05, 0.1) is 6.54 Å². The van der Waals surface area contributed by atoms with Gasteiger partial charge in [0.25, 0.3) is 5.91 Å². The van der Waals surface area contributed by atoms with Crippen molar-refractivity contribution in [2.75, 3.05) is 25.4 Å². The van der Waals surface area contributed by atoms with Gasteiger partial charge in [0.1, 0.15) is 29.8 Å². The van der Waals surface area contributed by atoms with Gasteiger partial charge in [-0.15, -0.1) is 11.8 Å². The largest absolute Gasteiger partial charge is 0.477 e. The van der Waals surface area contributed by atoms with Crippen LogP contribution in [0.1, 0.15) is 18.5 Å². The molecule has 4 rings (SSSR count). The lowest BCUT2D eigenvalue weighted by Gasteiger charge is -2.49. The van der Waals surface area contributed by atoms with Gasteiger partial charge in [-0.25, -0.2) is 19.3 Å². The minimum absolute atomic E-state index is 0.0683. The topological polar surface area (TPSA) is 183 Å². The number of urea groups is 2. The minimum atomic E-state index is -5.34. The number of ether oxygens (including phenoxy) is 1. The summed E-state index contributed by atoms with van der Waals surface area (Å²) in [6.45, 7) is -0.484. The van der Waals surface area contributed by atoms with Crippen LogP contribution in [0, 0.1) is 0 Å². The third kappa shape index (κ3) is 5.88. The number of nitrogens with zero attached hydrogens (tertiary/aromatic N) is 3. The van der Waals surface area contributed by atoms with Crippen LogP contribution in [0.5, 0.6) is 0 Å². The molecule has 2 unspecified atom stereocenters. The molecule has 0 spiro atoms. The van der Waals surface area contributed by atoms with Crippen molar-refractivity contribution in [3.8, 4) is 0 Å². The molecule has 3 N–H and O–H groups in total. The van der Waals surface area contributed by atoms with Crippen molar-refractivity contribution in [3.05, 3.63) is 47.2 Å². The quantitative estimate of drug-likeness (QED) is 0.290. The maximum atomic E-state index is 13.4. The van der Waals surface area contributed by atoms with Gasteiger partial charge in [0.2, 0.25) is 5.91 Å². The molecule has 2 fully saturated rings. The van der Waals surface area contributed by atoms with Crippen molar-refractivity contribution in [1.29, 1.82) is 0 Å². The molecule has 42 heavy (non-hydrogen) atoms. The van der Waals surface area contributed by atoms with Gasteiger partial charge in [0, 0.05) is 24.8 Å². The van der Waals surface area contributed by atoms with Crippen molar-refractivity contribution in [2.45, 2.75) is 30.6 Å². The van der Waals surface area contributed by atoms with Crippen LogP contribution in [-0.2, 0) is 28.7 Å². The number of amides is 7. The normalized spacial score (nSPS) is 20.9. The number of esters is 1. The van der Waals surface area contributed by atoms with E-state index in [0.29, 0.717) is 4.90 Å². The molecular weight excluding hydrogens is 591 g/mol. The molecule has 2 saturated heterocycles. The van der Waals surface area contributed by atoms with Crippen LogP contribution in [0.2, 0.25) is 0 Å². The number of fused-ring (bicyclic) bond motifs is 1. The highest BCUT2D eigenvalue weighted by Crippen LogP contribution is 2.40. The highest BCUT2D eigenvalue weighted by Gasteiger charge is 2.55. The number of alkyl halides is 3. The van der Waals surface area contributed by atoms with Crippen molar-refractivity contribution < 1.29 is 56.6 Å². The number of imide groups is 2. The molecule has 7 amide bonds. The first-order chi connectivity index (χ1) is 19.7. The molecule has 3 heterocycles. The van der Waals surface area contributed by atoms with Crippen LogP contribution < -0.4 is 10.6 Å². The summed E-state index contributed by atoms with van der Waals surface area (Å²) in [4.78, 5) is 87.3. The predicted octanol–water partition coefficient (Wildman–Crippen LogP) is 0.566. The number of rotatable bonds is 7. The molecule has 3 aliphatic heterocycles. The number of nitrogens with one attached hydrogen (secondary N) is 2. The second kappa shape index (κ2) is 11.7. The van der Waals surface area contributed by atoms with Gasteiger partial charge >= 0.3 is 36.1 Å². The number of carbonyl (C=O) groups is 7. The van der Waals surface area contributed by atoms with Crippen LogP contribution >= 0.6 is 11.8 Å². The van der Waals surface area contributed by atoms with E-state index in [2.05, 4.69) is 10.6 Å². The summed E-state index contributed by atoms with van der Waals surface area (Å²) < 4.78 is 43.3. The first kappa shape index (κ1) is 30.4. The summed E-state index contributed by atoms with van der Waals surface area (Å²) in [5, 5.41) is 13.6. The fourth-order valence-corrected chi connectivity index (χ4v) is 5.76. The van der Waals surface area contributed by atoms with E-state index in [4.69, 9.17) is 4.74 Å². The molecular formula is C24H22F3N5O9S. The molecule has 1 aromatic rings. The standard InChI is InChI=1S/C24H22F3N5O9S/c1-11(33)41-9-13-10-42-19-15(18(35)32(19)16(13)20(36)37)28-17(34)14(12-5-3-2-4-6-12)29-22(39)31-8-7-30(23(31)40)21(38)24(25,26)27/h2-6,14-15,19H,7-10H2,1H3,(H,28,34)(H,29,39)(H,36,37)/t14?,15?,19-/m0/s1. The average molecular weight is 614 g/mol. The molecule has 3 aliphatic rings. The van der Waals surface area contributed by atoms with Crippen molar-refractivity contribution >= 4 is 53.5 Å². The molecule has 18 heteroatoms. The van der Waals surface area contributed by atoms with E-state index in [9.17, 15) is 51.8 Å². The number of β-lactam (4-membered cyclic amide) rings is 1. The number of hydrogen-bond acceptors (Lipinski definition) is 9. The Bertz CT molecular complexity index is 1390. The molecule has 0 aromatic heterocycles. The summed E-state index contributed by atoms with van der Waals surface area (Å²) in [6.07, 6.45) is -5.34. The van der Waals surface area contributed by atoms with E-state index in [1.54, 1.807) is 6.07 Å². The van der Waals surface area contributed by atoms with Crippen molar-refractivity contribution in [2.24, 2.45) is 0 Å². The molecule has 3 atom stereocenters. The van der Waals surface area contributed by atoms with Gasteiger partial charge in [0.15, 0.2) is 0 Å². The zero-order chi connectivity index (χ0) is 30.9. The van der Waals surface area contributed by atoms with Crippen LogP contribution in [0.25, 0.3) is 0 Å². The van der Waals surface area contributed by atoms with Crippen molar-refractivity contribution in [3.63, 3.8) is 0 Å². The molecule has 0 aliphatic carbocycles. The summed E-state index contributed by atoms with van der Waals surface area (Å²) in [7, 11) is 0. The number of benzene rings is 1. The Hall–Kier alpha value is -4.61. The summed E-state index contributed by atoms with van der Waals surface area (Å²) in [6, 6.07) is 1.97. The smallest absolute Gasteiger partial charge is 0.471 e. The third-order valence-corrected chi connectivity index (χ3v) is 7.74. The zero-order valence-corrected chi connectivity index (χ0v) is 22.4. The second-order valence-corrected chi connectivity index (χ2v) is 10.2. The number of carbonyl (C=O) groups excluding carboxylic acids is 6. The number of hydrogen-bond donors (Lipinski definition) is 3. The second-order valence-electron chi connectivity index (χ2n) is 9.12. The fraction of sp³-hybridized carbons (Fsp3) is 0.375. The minimum Gasteiger partial charge on any atom is -0.477 e. The van der Waals surface area contributed by atoms with E-state index in [0.717, 1.165) is 23.6 Å². The Balaban J connectivity index is 1.50. The number of aliphatic carboxylic acids is 1. The summed E-state index contributed by atoms with van der Waals surface area (Å²) in [5.74, 6) is -6.18. The number of carboxylic acids is 1. The van der Waals surface area contributed by atoms with Crippen molar-refractivity contribution in [1.82, 2.24) is 25.3 Å². The Labute approximate surface area is 238 Å². The van der Waals surface area contributed by atoms with E-state index in [1.165, 1.54) is 24.3 Å². The number of carboxylic acid groups (broad SMARTS) is 1. The van der Waals surface area contributed by atoms with E-state index in [1.807, 2.05) is 0 Å². The summed E-state index contributed by atoms with van der Waals surface area (Å²) >= 11 is 1.10. The number of halogens is 3. The van der Waals surface area contributed by atoms with Crippen LogP contribution in [0.4, 0.5) is 22.8 Å². The van der Waals surface area contributed by atoms with E-state index < -0.39 is 78.4 Å². The Kier molecular flexibility index (Phi) is 8.46. The van der Waals surface area contributed by atoms with E-state index in [-0.39, 0.29) is 34.1 Å². The molecule has 14 nitrogen and oxygen atoms in total. The first-order valence-electron chi connectivity index (χ1n) is 12.1. The van der Waals surface area contributed by atoms with Gasteiger partial charge < -0.3 is 20.5 Å². The van der Waals surface area contributed by atoms with Crippen LogP contribution in [-0.4, -0.2) is 105 Å². The van der Waals surface area contributed by atoms with Gasteiger partial charge in [-0.3, -0.25) is 29.0 Å². The first-order valence-corrected chi connectivity index (χ1v) is 13.2. The molecule has 0 saturated carbocycles. The SMILES string of the molecule is CC(=O)OCC1=C(C(=O)O)N2C(=O)C(NC(=O)C(NC(=O)N3CCN(C(=O)C(F)(F)F)C3=O)c3ccccc3)[C@@H]2SC1. The average Bonchev–Trinajstić information content (AvgIpc) is 3.32. The Morgan fingerprint density at radius 1 is 1.10 bits per heavy atom. The molecule has 224 valence electrons. The monoisotopic (exact) mass is 613 g/mol. The molecule has 0 bridgehead atoms. The van der Waals surface area contributed by atoms with Gasteiger partial charge in [-0.2, -0.15) is 13.2 Å². The number of thioether (sulfide) groups is 1. The van der Waals surface area contributed by atoms with E-state index >= 15 is 0 Å². The summed E-state index contributed by atoms with van der Waals surface area (Å²) in [5.41, 5.74) is -0.0123. The predicted molar refractivity (Wildman–Crippen MR) is 134 cm³/mol. The van der Waals surface area contributed by atoms with Crippen LogP contribution in [0.3, 0.4) is 0 Å². The Morgan fingerprint density at radius 2 is 1.74 bits per heavy atom. The lowest BCUT2D eigenvalue weighted by Crippen LogP contribution is -2.71.